The van der Waals surface area contributed by atoms with Gasteiger partial charge in [-0.15, -0.1) is 0 Å². The molecule has 1 aromatic rings. The average molecular weight is 329 g/mol. The monoisotopic (exact) mass is 328 g/mol. The number of hydrogen-bond donors (Lipinski definition) is 0. The maximum absolute atomic E-state index is 11.2. The summed E-state index contributed by atoms with van der Waals surface area (Å²) < 4.78 is 5.73. The predicted molar refractivity (Wildman–Crippen MR) is 92.5 cm³/mol. The van der Waals surface area contributed by atoms with Gasteiger partial charge in [0, 0.05) is 6.42 Å². The van der Waals surface area contributed by atoms with Crippen LogP contribution in [0.3, 0.4) is 0 Å². The van der Waals surface area contributed by atoms with Gasteiger partial charge >= 0.3 is 0 Å². The van der Waals surface area contributed by atoms with E-state index in [1.54, 1.807) is 0 Å². The number of unbranched alkanes of at least 4 members (excludes halogenated alkanes) is 2. The molecule has 0 aromatic heterocycles. The van der Waals surface area contributed by atoms with Gasteiger partial charge in [-0.3, -0.25) is 4.79 Å². The van der Waals surface area contributed by atoms with Gasteiger partial charge in [-0.25, -0.2) is 0 Å². The topological polar surface area (TPSA) is 26.3 Å². The minimum absolute atomic E-state index is 0.283. The van der Waals surface area contributed by atoms with Crippen LogP contribution in [0.15, 0.2) is 18.2 Å². The van der Waals surface area contributed by atoms with Crippen LogP contribution in [-0.2, 0) is 11.2 Å². The Bertz CT molecular complexity index is 446. The lowest BCUT2D eigenvalue weighted by molar-refractivity contribution is -0.111. The van der Waals surface area contributed by atoms with Crippen molar-refractivity contribution in [3.05, 3.63) is 28.8 Å². The number of rotatable bonds is 9. The fourth-order valence-electron chi connectivity index (χ4n) is 1.95. The lowest BCUT2D eigenvalue weighted by Gasteiger charge is -2.11. The van der Waals surface area contributed by atoms with E-state index in [2.05, 4.69) is 19.9 Å². The van der Waals surface area contributed by atoms with Gasteiger partial charge in [-0.1, -0.05) is 49.7 Å². The summed E-state index contributed by atoms with van der Waals surface area (Å²) in [5.74, 6) is 1.26. The number of thioether (sulfide) groups is 1. The Hall–Kier alpha value is -0.670. The number of benzene rings is 1. The molecule has 0 saturated heterocycles. The minimum atomic E-state index is 0.283. The standard InChI is InChI=1S/C17H25ClO2S/c1-13(2)12-20-16-11-14(9-10-15(16)18)7-5-4-6-8-17(19)21-3/h9-11,13H,4-8,12H2,1-3H3. The van der Waals surface area contributed by atoms with Crippen LogP contribution >= 0.6 is 23.4 Å². The number of carbonyl (C=O) groups excluding carboxylic acids is 1. The maximum Gasteiger partial charge on any atom is 0.188 e. The first-order valence-electron chi connectivity index (χ1n) is 7.51. The summed E-state index contributed by atoms with van der Waals surface area (Å²) in [5.41, 5.74) is 1.24. The highest BCUT2D eigenvalue weighted by atomic mass is 35.5. The zero-order valence-corrected chi connectivity index (χ0v) is 14.7. The quantitative estimate of drug-likeness (QED) is 0.570. The third-order valence-corrected chi connectivity index (χ3v) is 4.11. The van der Waals surface area contributed by atoms with Crippen LogP contribution in [0.1, 0.15) is 45.1 Å². The SMILES string of the molecule is CSC(=O)CCCCCc1ccc(Cl)c(OCC(C)C)c1. The Kier molecular flexibility index (Phi) is 8.86. The van der Waals surface area contributed by atoms with Crippen LogP contribution in [-0.4, -0.2) is 18.0 Å². The molecule has 21 heavy (non-hydrogen) atoms. The van der Waals surface area contributed by atoms with Gasteiger partial charge in [-0.05, 0) is 49.1 Å². The van der Waals surface area contributed by atoms with E-state index in [0.717, 1.165) is 31.4 Å². The van der Waals surface area contributed by atoms with Gasteiger partial charge in [0.05, 0.1) is 11.6 Å². The molecule has 2 nitrogen and oxygen atoms in total. The van der Waals surface area contributed by atoms with Crippen molar-refractivity contribution >= 4 is 28.5 Å². The van der Waals surface area contributed by atoms with Crippen molar-refractivity contribution in [1.29, 1.82) is 0 Å². The first kappa shape index (κ1) is 18.4. The van der Waals surface area contributed by atoms with E-state index in [4.69, 9.17) is 16.3 Å². The van der Waals surface area contributed by atoms with Crippen LogP contribution < -0.4 is 4.74 Å². The second kappa shape index (κ2) is 10.1. The van der Waals surface area contributed by atoms with E-state index in [-0.39, 0.29) is 5.12 Å². The van der Waals surface area contributed by atoms with E-state index in [0.29, 0.717) is 24.0 Å². The first-order valence-corrected chi connectivity index (χ1v) is 9.11. The summed E-state index contributed by atoms with van der Waals surface area (Å²) >= 11 is 7.47. The average Bonchev–Trinajstić information content (AvgIpc) is 2.46. The summed E-state index contributed by atoms with van der Waals surface area (Å²) in [4.78, 5) is 11.2. The molecular weight excluding hydrogens is 304 g/mol. The molecule has 0 unspecified atom stereocenters. The van der Waals surface area contributed by atoms with Crippen molar-refractivity contribution in [2.24, 2.45) is 5.92 Å². The van der Waals surface area contributed by atoms with Gasteiger partial charge < -0.3 is 4.74 Å². The highest BCUT2D eigenvalue weighted by Gasteiger charge is 2.05. The van der Waals surface area contributed by atoms with Crippen molar-refractivity contribution in [2.75, 3.05) is 12.9 Å². The van der Waals surface area contributed by atoms with Gasteiger partial charge in [-0.2, -0.15) is 0 Å². The minimum Gasteiger partial charge on any atom is -0.492 e. The van der Waals surface area contributed by atoms with Crippen molar-refractivity contribution in [3.8, 4) is 5.75 Å². The number of ether oxygens (including phenoxy) is 1. The zero-order chi connectivity index (χ0) is 15.7. The van der Waals surface area contributed by atoms with E-state index < -0.39 is 0 Å². The van der Waals surface area contributed by atoms with Crippen LogP contribution in [0.5, 0.6) is 5.75 Å². The van der Waals surface area contributed by atoms with E-state index in [1.165, 1.54) is 17.3 Å². The second-order valence-corrected chi connectivity index (χ2v) is 6.88. The van der Waals surface area contributed by atoms with Gasteiger partial charge in [0.15, 0.2) is 5.12 Å². The highest BCUT2D eigenvalue weighted by molar-refractivity contribution is 8.13. The molecule has 0 amide bonds. The molecule has 118 valence electrons. The molecule has 0 heterocycles. The van der Waals surface area contributed by atoms with Crippen molar-refractivity contribution in [3.63, 3.8) is 0 Å². The summed E-state index contributed by atoms with van der Waals surface area (Å²) in [5, 5.41) is 0.954. The summed E-state index contributed by atoms with van der Waals surface area (Å²) in [6, 6.07) is 6.00. The smallest absolute Gasteiger partial charge is 0.188 e. The molecule has 1 rings (SSSR count). The van der Waals surface area contributed by atoms with Gasteiger partial charge in [0.1, 0.15) is 5.75 Å². The van der Waals surface area contributed by atoms with Crippen LogP contribution in [0, 0.1) is 5.92 Å². The maximum atomic E-state index is 11.2. The lowest BCUT2D eigenvalue weighted by atomic mass is 10.1. The van der Waals surface area contributed by atoms with Crippen LogP contribution in [0.4, 0.5) is 0 Å². The van der Waals surface area contributed by atoms with Gasteiger partial charge in [0.2, 0.25) is 0 Å². The normalized spacial score (nSPS) is 10.9. The Morgan fingerprint density at radius 1 is 1.29 bits per heavy atom. The molecule has 0 atom stereocenters. The molecule has 0 aliphatic carbocycles. The number of aryl methyl sites for hydroxylation is 1. The third kappa shape index (κ3) is 7.77. The fraction of sp³-hybridized carbons (Fsp3) is 0.588. The molecule has 4 heteroatoms. The Balaban J connectivity index is 2.38. The molecule has 0 aliphatic rings. The first-order chi connectivity index (χ1) is 10.0. The van der Waals surface area contributed by atoms with Crippen molar-refractivity contribution in [2.45, 2.75) is 46.0 Å². The summed E-state index contributed by atoms with van der Waals surface area (Å²) in [6.45, 7) is 4.92. The molecule has 0 spiro atoms. The number of hydrogen-bond acceptors (Lipinski definition) is 3. The molecular formula is C17H25ClO2S. The Labute approximate surface area is 137 Å². The molecule has 0 fully saturated rings. The summed E-state index contributed by atoms with van der Waals surface area (Å²) in [6.07, 6.45) is 6.68. The molecule has 1 aromatic carbocycles. The number of carbonyl (C=O) groups is 1. The zero-order valence-electron chi connectivity index (χ0n) is 13.2. The largest absolute Gasteiger partial charge is 0.492 e. The fourth-order valence-corrected chi connectivity index (χ4v) is 2.47. The second-order valence-electron chi connectivity index (χ2n) is 5.61. The number of halogens is 1. The van der Waals surface area contributed by atoms with E-state index >= 15 is 0 Å². The van der Waals surface area contributed by atoms with Crippen molar-refractivity contribution < 1.29 is 9.53 Å². The molecule has 0 N–H and O–H groups in total. The van der Waals surface area contributed by atoms with Crippen LogP contribution in [0.2, 0.25) is 5.02 Å². The third-order valence-electron chi connectivity index (χ3n) is 3.14. The molecule has 0 bridgehead atoms. The Morgan fingerprint density at radius 2 is 2.05 bits per heavy atom. The highest BCUT2D eigenvalue weighted by Crippen LogP contribution is 2.26. The lowest BCUT2D eigenvalue weighted by Crippen LogP contribution is -2.05. The van der Waals surface area contributed by atoms with Crippen molar-refractivity contribution in [1.82, 2.24) is 0 Å². The van der Waals surface area contributed by atoms with Crippen LogP contribution in [0.25, 0.3) is 0 Å². The Morgan fingerprint density at radius 3 is 2.71 bits per heavy atom. The van der Waals surface area contributed by atoms with E-state index in [1.807, 2.05) is 18.4 Å². The molecule has 0 saturated carbocycles. The molecule has 0 radical (unpaired) electrons. The molecule has 0 aliphatic heterocycles. The predicted octanol–water partition coefficient (Wildman–Crippen LogP) is 5.37. The summed E-state index contributed by atoms with van der Waals surface area (Å²) in [7, 11) is 0. The van der Waals surface area contributed by atoms with Gasteiger partial charge in [0.25, 0.3) is 0 Å². The van der Waals surface area contributed by atoms with E-state index in [9.17, 15) is 4.79 Å².